The number of esters is 3. The van der Waals surface area contributed by atoms with E-state index in [0.29, 0.717) is 19.3 Å². The zero-order valence-corrected chi connectivity index (χ0v) is 37.6. The van der Waals surface area contributed by atoms with E-state index in [4.69, 9.17) is 14.2 Å². The standard InChI is InChI=1S/C51H90O6/c1-4-7-10-13-16-19-22-24-25-26-27-28-30-32-35-38-41-44-50(53)56-47-48(46-55-49(52)43-40-37-34-31-21-18-15-12-9-6-3)57-51(54)45-42-39-36-33-29-23-20-17-14-11-8-5-2/h7,10,12,15-16,19,24-25,48H,4-6,8-9,11,13-14,17-18,20-23,26-47H2,1-3H3/b10-7-,15-12-,19-16-,25-24-. The Morgan fingerprint density at radius 2 is 0.719 bits per heavy atom. The summed E-state index contributed by atoms with van der Waals surface area (Å²) in [6.07, 6.45) is 53.8. The van der Waals surface area contributed by atoms with E-state index in [1.54, 1.807) is 0 Å². The molecule has 0 spiro atoms. The maximum Gasteiger partial charge on any atom is 0.306 e. The number of rotatable bonds is 43. The van der Waals surface area contributed by atoms with Crippen LogP contribution < -0.4 is 0 Å². The van der Waals surface area contributed by atoms with Crippen molar-refractivity contribution in [2.45, 2.75) is 245 Å². The highest BCUT2D eigenvalue weighted by Gasteiger charge is 2.19. The molecule has 0 heterocycles. The Bertz CT molecular complexity index is 1010. The number of carbonyl (C=O) groups is 3. The van der Waals surface area contributed by atoms with Crippen molar-refractivity contribution < 1.29 is 28.6 Å². The van der Waals surface area contributed by atoms with Crippen LogP contribution in [0.4, 0.5) is 0 Å². The van der Waals surface area contributed by atoms with E-state index in [2.05, 4.69) is 69.4 Å². The molecule has 1 atom stereocenters. The van der Waals surface area contributed by atoms with Crippen LogP contribution in [0.5, 0.6) is 0 Å². The average Bonchev–Trinajstić information content (AvgIpc) is 3.21. The van der Waals surface area contributed by atoms with Gasteiger partial charge < -0.3 is 14.2 Å². The first-order valence-corrected chi connectivity index (χ1v) is 24.1. The molecule has 0 radical (unpaired) electrons. The molecule has 0 aromatic heterocycles. The van der Waals surface area contributed by atoms with E-state index in [0.717, 1.165) is 96.3 Å². The lowest BCUT2D eigenvalue weighted by molar-refractivity contribution is -0.167. The molecule has 0 rings (SSSR count). The Labute approximate surface area is 352 Å². The number of carbonyl (C=O) groups excluding carboxylic acids is 3. The predicted octanol–water partition coefficient (Wildman–Crippen LogP) is 15.5. The molecule has 0 aliphatic rings. The Morgan fingerprint density at radius 3 is 1.16 bits per heavy atom. The van der Waals surface area contributed by atoms with Crippen LogP contribution in [-0.4, -0.2) is 37.2 Å². The molecule has 1 unspecified atom stereocenters. The molecule has 6 heteroatoms. The van der Waals surface area contributed by atoms with Crippen LogP contribution >= 0.6 is 0 Å². The van der Waals surface area contributed by atoms with Crippen molar-refractivity contribution in [3.8, 4) is 0 Å². The Hall–Kier alpha value is -2.63. The van der Waals surface area contributed by atoms with Gasteiger partial charge >= 0.3 is 17.9 Å². The summed E-state index contributed by atoms with van der Waals surface area (Å²) in [5, 5.41) is 0. The number of hydrogen-bond donors (Lipinski definition) is 0. The molecule has 0 saturated carbocycles. The molecular formula is C51H90O6. The van der Waals surface area contributed by atoms with Gasteiger partial charge in [-0.3, -0.25) is 14.4 Å². The lowest BCUT2D eigenvalue weighted by atomic mass is 10.0. The van der Waals surface area contributed by atoms with Gasteiger partial charge in [0.05, 0.1) is 0 Å². The second-order valence-corrected chi connectivity index (χ2v) is 16.0. The van der Waals surface area contributed by atoms with Gasteiger partial charge in [0.1, 0.15) is 13.2 Å². The first-order valence-electron chi connectivity index (χ1n) is 24.1. The summed E-state index contributed by atoms with van der Waals surface area (Å²) in [6, 6.07) is 0. The minimum Gasteiger partial charge on any atom is -0.462 e. The number of hydrogen-bond acceptors (Lipinski definition) is 6. The first-order chi connectivity index (χ1) is 28.0. The predicted molar refractivity (Wildman–Crippen MR) is 242 cm³/mol. The SMILES string of the molecule is CC/C=C\C/C=C\C/C=C\CCCCCCCCCC(=O)OCC(COC(=O)CCCCCCC/C=C\CCC)OC(=O)CCCCCCCCCCCCCC. The van der Waals surface area contributed by atoms with Gasteiger partial charge in [-0.05, 0) is 70.6 Å². The van der Waals surface area contributed by atoms with Crippen molar-refractivity contribution in [2.75, 3.05) is 13.2 Å². The average molecular weight is 799 g/mol. The van der Waals surface area contributed by atoms with E-state index < -0.39 is 6.10 Å². The third kappa shape index (κ3) is 44.3. The van der Waals surface area contributed by atoms with E-state index >= 15 is 0 Å². The summed E-state index contributed by atoms with van der Waals surface area (Å²) in [5.74, 6) is -0.896. The maximum atomic E-state index is 12.7. The van der Waals surface area contributed by atoms with Crippen molar-refractivity contribution in [2.24, 2.45) is 0 Å². The fourth-order valence-corrected chi connectivity index (χ4v) is 6.69. The zero-order chi connectivity index (χ0) is 41.5. The molecule has 0 N–H and O–H groups in total. The summed E-state index contributed by atoms with van der Waals surface area (Å²) in [6.45, 7) is 6.45. The Morgan fingerprint density at radius 1 is 0.368 bits per heavy atom. The van der Waals surface area contributed by atoms with E-state index in [1.807, 2.05) is 0 Å². The topological polar surface area (TPSA) is 78.9 Å². The largest absolute Gasteiger partial charge is 0.462 e. The molecule has 0 aliphatic carbocycles. The summed E-state index contributed by atoms with van der Waals surface area (Å²) >= 11 is 0. The second kappa shape index (κ2) is 46.1. The van der Waals surface area contributed by atoms with Crippen LogP contribution in [-0.2, 0) is 28.6 Å². The third-order valence-corrected chi connectivity index (χ3v) is 10.3. The van der Waals surface area contributed by atoms with Crippen molar-refractivity contribution in [3.05, 3.63) is 48.6 Å². The van der Waals surface area contributed by atoms with Crippen molar-refractivity contribution in [1.29, 1.82) is 0 Å². The van der Waals surface area contributed by atoms with Gasteiger partial charge in [-0.25, -0.2) is 0 Å². The molecule has 0 amide bonds. The molecule has 0 aromatic rings. The number of allylic oxidation sites excluding steroid dienone is 8. The fourth-order valence-electron chi connectivity index (χ4n) is 6.69. The summed E-state index contributed by atoms with van der Waals surface area (Å²) in [4.78, 5) is 37.8. The fraction of sp³-hybridized carbons (Fsp3) is 0.784. The quantitative estimate of drug-likeness (QED) is 0.0265. The highest BCUT2D eigenvalue weighted by molar-refractivity contribution is 5.71. The van der Waals surface area contributed by atoms with Gasteiger partial charge in [-0.15, -0.1) is 0 Å². The van der Waals surface area contributed by atoms with Gasteiger partial charge in [0.25, 0.3) is 0 Å². The van der Waals surface area contributed by atoms with Crippen LogP contribution in [0.2, 0.25) is 0 Å². The maximum absolute atomic E-state index is 12.7. The van der Waals surface area contributed by atoms with E-state index in [-0.39, 0.29) is 31.1 Å². The zero-order valence-electron chi connectivity index (χ0n) is 37.6. The van der Waals surface area contributed by atoms with Crippen LogP contribution in [0.3, 0.4) is 0 Å². The molecule has 57 heavy (non-hydrogen) atoms. The van der Waals surface area contributed by atoms with E-state index in [1.165, 1.54) is 103 Å². The molecule has 6 nitrogen and oxygen atoms in total. The van der Waals surface area contributed by atoms with Crippen LogP contribution in [0, 0.1) is 0 Å². The third-order valence-electron chi connectivity index (χ3n) is 10.3. The smallest absolute Gasteiger partial charge is 0.306 e. The van der Waals surface area contributed by atoms with Gasteiger partial charge in [-0.1, -0.05) is 198 Å². The van der Waals surface area contributed by atoms with Gasteiger partial charge in [-0.2, -0.15) is 0 Å². The van der Waals surface area contributed by atoms with Gasteiger partial charge in [0.15, 0.2) is 6.10 Å². The Kier molecular flexibility index (Phi) is 43.9. The normalized spacial score (nSPS) is 12.4. The van der Waals surface area contributed by atoms with Crippen LogP contribution in [0.1, 0.15) is 239 Å². The minimum atomic E-state index is -0.775. The minimum absolute atomic E-state index is 0.0792. The molecule has 0 saturated heterocycles. The van der Waals surface area contributed by atoms with Gasteiger partial charge in [0, 0.05) is 19.3 Å². The molecule has 0 fully saturated rings. The lowest BCUT2D eigenvalue weighted by Crippen LogP contribution is -2.30. The van der Waals surface area contributed by atoms with Crippen LogP contribution in [0.25, 0.3) is 0 Å². The summed E-state index contributed by atoms with van der Waals surface area (Å²) in [5.41, 5.74) is 0. The first kappa shape index (κ1) is 54.4. The number of ether oxygens (including phenoxy) is 3. The molecule has 330 valence electrons. The summed E-state index contributed by atoms with van der Waals surface area (Å²) in [7, 11) is 0. The molecular weight excluding hydrogens is 709 g/mol. The van der Waals surface area contributed by atoms with E-state index in [9.17, 15) is 14.4 Å². The number of unbranched alkanes of at least 4 members (excludes halogenated alkanes) is 24. The van der Waals surface area contributed by atoms with Gasteiger partial charge in [0.2, 0.25) is 0 Å². The molecule has 0 aliphatic heterocycles. The highest BCUT2D eigenvalue weighted by Crippen LogP contribution is 2.15. The monoisotopic (exact) mass is 799 g/mol. The summed E-state index contributed by atoms with van der Waals surface area (Å²) < 4.78 is 16.7. The van der Waals surface area contributed by atoms with Crippen molar-refractivity contribution in [1.82, 2.24) is 0 Å². The lowest BCUT2D eigenvalue weighted by Gasteiger charge is -2.18. The van der Waals surface area contributed by atoms with Crippen molar-refractivity contribution in [3.63, 3.8) is 0 Å². The highest BCUT2D eigenvalue weighted by atomic mass is 16.6. The van der Waals surface area contributed by atoms with Crippen LogP contribution in [0.15, 0.2) is 48.6 Å². The molecule has 0 bridgehead atoms. The molecule has 0 aromatic carbocycles. The second-order valence-electron chi connectivity index (χ2n) is 16.0. The Balaban J connectivity index is 4.34. The van der Waals surface area contributed by atoms with Crippen molar-refractivity contribution >= 4 is 17.9 Å².